The molecular weight excluding hydrogens is 332 g/mol. The van der Waals surface area contributed by atoms with Gasteiger partial charge in [0, 0.05) is 25.2 Å². The molecular formula is C20H30N2O4. The smallest absolute Gasteiger partial charge is 0.325 e. The van der Waals surface area contributed by atoms with Crippen molar-refractivity contribution in [3.8, 4) is 5.75 Å². The first kappa shape index (κ1) is 19.1. The van der Waals surface area contributed by atoms with Gasteiger partial charge in [-0.15, -0.1) is 0 Å². The number of carboxylic acid groups (broad SMARTS) is 1. The number of aliphatic hydroxyl groups is 1. The molecule has 1 aromatic rings. The van der Waals surface area contributed by atoms with Crippen LogP contribution in [-0.2, 0) is 4.79 Å². The van der Waals surface area contributed by atoms with Crippen molar-refractivity contribution in [2.24, 2.45) is 0 Å². The van der Waals surface area contributed by atoms with Gasteiger partial charge in [-0.1, -0.05) is 17.7 Å². The van der Waals surface area contributed by atoms with E-state index in [1.54, 1.807) is 7.11 Å². The van der Waals surface area contributed by atoms with E-state index in [4.69, 9.17) is 4.74 Å². The van der Waals surface area contributed by atoms with Gasteiger partial charge < -0.3 is 19.8 Å². The molecule has 1 unspecified atom stereocenters. The molecule has 144 valence electrons. The van der Waals surface area contributed by atoms with Crippen LogP contribution in [0.1, 0.15) is 42.9 Å². The number of aryl methyl sites for hydroxylation is 1. The molecule has 1 aromatic carbocycles. The summed E-state index contributed by atoms with van der Waals surface area (Å²) in [5.74, 6) is -0.278. The van der Waals surface area contributed by atoms with Crippen molar-refractivity contribution in [3.05, 3.63) is 29.3 Å². The normalized spacial score (nSPS) is 22.3. The number of methoxy groups -OCH3 is 1. The molecule has 0 radical (unpaired) electrons. The molecule has 6 nitrogen and oxygen atoms in total. The number of carbonyl (C=O) groups is 1. The molecule has 0 spiro atoms. The minimum absolute atomic E-state index is 0.568. The van der Waals surface area contributed by atoms with E-state index in [0.717, 1.165) is 18.7 Å². The molecule has 0 aliphatic carbocycles. The zero-order chi connectivity index (χ0) is 18.7. The highest BCUT2D eigenvalue weighted by atomic mass is 16.5. The quantitative estimate of drug-likeness (QED) is 0.807. The van der Waals surface area contributed by atoms with Gasteiger partial charge in [-0.25, -0.2) is 0 Å². The summed E-state index contributed by atoms with van der Waals surface area (Å²) in [5, 5.41) is 20.8. The molecule has 2 aliphatic rings. The third-order valence-electron chi connectivity index (χ3n) is 5.72. The summed E-state index contributed by atoms with van der Waals surface area (Å²) in [6, 6.07) is 4.89. The summed E-state index contributed by atoms with van der Waals surface area (Å²) >= 11 is 0. The highest BCUT2D eigenvalue weighted by Gasteiger charge is 2.39. The number of nitrogens with zero attached hydrogens (tertiary/aromatic N) is 2. The SMILES string of the molecule is COc1ccc(C)cc1C(C(=O)O)N1CCC(O)(CN2CCCC2)CC1. The van der Waals surface area contributed by atoms with Gasteiger partial charge in [0.2, 0.25) is 0 Å². The van der Waals surface area contributed by atoms with Gasteiger partial charge in [0.15, 0.2) is 0 Å². The van der Waals surface area contributed by atoms with Crippen molar-refractivity contribution in [1.82, 2.24) is 9.80 Å². The number of hydrogen-bond acceptors (Lipinski definition) is 5. The van der Waals surface area contributed by atoms with Gasteiger partial charge in [-0.3, -0.25) is 9.69 Å². The molecule has 6 heteroatoms. The Hall–Kier alpha value is -1.63. The number of aliphatic carboxylic acids is 1. The lowest BCUT2D eigenvalue weighted by atomic mass is 9.89. The molecule has 3 rings (SSSR count). The minimum Gasteiger partial charge on any atom is -0.496 e. The van der Waals surface area contributed by atoms with Crippen LogP contribution >= 0.6 is 0 Å². The van der Waals surface area contributed by atoms with E-state index in [-0.39, 0.29) is 0 Å². The fraction of sp³-hybridized carbons (Fsp3) is 0.650. The number of rotatable bonds is 6. The highest BCUT2D eigenvalue weighted by molar-refractivity contribution is 5.77. The summed E-state index contributed by atoms with van der Waals surface area (Å²) in [4.78, 5) is 16.3. The second kappa shape index (κ2) is 7.94. The topological polar surface area (TPSA) is 73.2 Å². The van der Waals surface area contributed by atoms with Crippen LogP contribution in [-0.4, -0.2) is 71.4 Å². The van der Waals surface area contributed by atoms with E-state index in [9.17, 15) is 15.0 Å². The third-order valence-corrected chi connectivity index (χ3v) is 5.72. The van der Waals surface area contributed by atoms with Gasteiger partial charge in [0.05, 0.1) is 12.7 Å². The van der Waals surface area contributed by atoms with Crippen LogP contribution < -0.4 is 4.74 Å². The predicted molar refractivity (Wildman–Crippen MR) is 99.5 cm³/mol. The zero-order valence-electron chi connectivity index (χ0n) is 15.8. The summed E-state index contributed by atoms with van der Waals surface area (Å²) in [5.41, 5.74) is 0.986. The van der Waals surface area contributed by atoms with Gasteiger partial charge in [-0.2, -0.15) is 0 Å². The average molecular weight is 362 g/mol. The zero-order valence-corrected chi connectivity index (χ0v) is 15.8. The minimum atomic E-state index is -0.876. The van der Waals surface area contributed by atoms with E-state index < -0.39 is 17.6 Å². The molecule has 26 heavy (non-hydrogen) atoms. The van der Waals surface area contributed by atoms with E-state index in [0.29, 0.717) is 43.8 Å². The summed E-state index contributed by atoms with van der Waals surface area (Å²) in [7, 11) is 1.57. The van der Waals surface area contributed by atoms with Crippen molar-refractivity contribution in [2.75, 3.05) is 39.8 Å². The molecule has 2 heterocycles. The number of ether oxygens (including phenoxy) is 1. The Labute approximate surface area is 155 Å². The fourth-order valence-corrected chi connectivity index (χ4v) is 4.27. The summed E-state index contributed by atoms with van der Waals surface area (Å²) in [6.45, 7) is 5.91. The first-order chi connectivity index (χ1) is 12.4. The summed E-state index contributed by atoms with van der Waals surface area (Å²) in [6.07, 6.45) is 3.61. The Morgan fingerprint density at radius 2 is 1.88 bits per heavy atom. The molecule has 2 N–H and O–H groups in total. The van der Waals surface area contributed by atoms with Crippen LogP contribution in [0.2, 0.25) is 0 Å². The van der Waals surface area contributed by atoms with E-state index >= 15 is 0 Å². The number of carboxylic acids is 1. The maximum Gasteiger partial charge on any atom is 0.325 e. The number of piperidine rings is 1. The second-order valence-electron chi connectivity index (χ2n) is 7.73. The predicted octanol–water partition coefficient (Wildman–Crippen LogP) is 2.05. The van der Waals surface area contributed by atoms with E-state index in [1.807, 2.05) is 30.0 Å². The molecule has 2 fully saturated rings. The molecule has 0 aromatic heterocycles. The van der Waals surface area contributed by atoms with Crippen molar-refractivity contribution in [1.29, 1.82) is 0 Å². The van der Waals surface area contributed by atoms with Gasteiger partial charge >= 0.3 is 5.97 Å². The Morgan fingerprint density at radius 1 is 1.23 bits per heavy atom. The van der Waals surface area contributed by atoms with Crippen LogP contribution in [0.25, 0.3) is 0 Å². The number of likely N-dealkylation sites (tertiary alicyclic amines) is 2. The Morgan fingerprint density at radius 3 is 2.46 bits per heavy atom. The highest BCUT2D eigenvalue weighted by Crippen LogP contribution is 2.35. The molecule has 0 saturated carbocycles. The van der Waals surface area contributed by atoms with Gasteiger partial charge in [0.25, 0.3) is 0 Å². The van der Waals surface area contributed by atoms with Crippen molar-refractivity contribution >= 4 is 5.97 Å². The molecule has 2 aliphatic heterocycles. The standard InChI is InChI=1S/C20H30N2O4/c1-15-5-6-17(26-2)16(13-15)18(19(23)24)22-11-7-20(25,8-12-22)14-21-9-3-4-10-21/h5-6,13,18,25H,3-4,7-12,14H2,1-2H3,(H,23,24). The number of benzene rings is 1. The molecule has 0 amide bonds. The van der Waals surface area contributed by atoms with Crippen LogP contribution in [0.4, 0.5) is 0 Å². The van der Waals surface area contributed by atoms with Crippen LogP contribution in [0.15, 0.2) is 18.2 Å². The Balaban J connectivity index is 1.73. The Bertz CT molecular complexity index is 635. The Kier molecular flexibility index (Phi) is 5.85. The maximum atomic E-state index is 12.1. The fourth-order valence-electron chi connectivity index (χ4n) is 4.27. The van der Waals surface area contributed by atoms with Crippen LogP contribution in [0.5, 0.6) is 5.75 Å². The second-order valence-corrected chi connectivity index (χ2v) is 7.73. The van der Waals surface area contributed by atoms with Crippen LogP contribution in [0, 0.1) is 6.92 Å². The lowest BCUT2D eigenvalue weighted by molar-refractivity contribution is -0.146. The van der Waals surface area contributed by atoms with Gasteiger partial charge in [0.1, 0.15) is 11.8 Å². The van der Waals surface area contributed by atoms with Crippen molar-refractivity contribution in [3.63, 3.8) is 0 Å². The molecule has 0 bridgehead atoms. The average Bonchev–Trinajstić information content (AvgIpc) is 3.09. The van der Waals surface area contributed by atoms with E-state index in [2.05, 4.69) is 4.90 Å². The number of hydrogen-bond donors (Lipinski definition) is 2. The maximum absolute atomic E-state index is 12.1. The lowest BCUT2D eigenvalue weighted by Crippen LogP contribution is -2.52. The lowest BCUT2D eigenvalue weighted by Gasteiger charge is -2.42. The molecule has 1 atom stereocenters. The number of β-amino-alcohol motifs (C(OH)–C–C–N with tert-alkyl or cyclic N) is 1. The first-order valence-corrected chi connectivity index (χ1v) is 9.48. The van der Waals surface area contributed by atoms with Crippen LogP contribution in [0.3, 0.4) is 0 Å². The van der Waals surface area contributed by atoms with E-state index in [1.165, 1.54) is 12.8 Å². The van der Waals surface area contributed by atoms with Crippen molar-refractivity contribution < 1.29 is 19.7 Å². The summed E-state index contributed by atoms with van der Waals surface area (Å²) < 4.78 is 5.41. The third kappa shape index (κ3) is 4.19. The molecule has 2 saturated heterocycles. The monoisotopic (exact) mass is 362 g/mol. The van der Waals surface area contributed by atoms with Gasteiger partial charge in [-0.05, 0) is 51.8 Å². The first-order valence-electron chi connectivity index (χ1n) is 9.48. The van der Waals surface area contributed by atoms with Crippen molar-refractivity contribution in [2.45, 2.75) is 44.2 Å². The largest absolute Gasteiger partial charge is 0.496 e.